The fourth-order valence-corrected chi connectivity index (χ4v) is 3.66. The number of ether oxygens (including phenoxy) is 1. The number of aromatic amines is 1. The number of rotatable bonds is 6. The molecular formula is C18H17N4O6S+. The molecule has 0 spiro atoms. The highest BCUT2D eigenvalue weighted by Crippen LogP contribution is 2.34. The summed E-state index contributed by atoms with van der Waals surface area (Å²) in [6.45, 7) is 1.34. The molecule has 150 valence electrons. The lowest BCUT2D eigenvalue weighted by Gasteiger charge is -2.04. The number of anilines is 2. The zero-order chi connectivity index (χ0) is 21.0. The van der Waals surface area contributed by atoms with Crippen LogP contribution in [-0.2, 0) is 16.1 Å². The number of aromatic nitrogens is 2. The maximum atomic E-state index is 12.7. The highest BCUT2D eigenvalue weighted by atomic mass is 32.1. The topological polar surface area (TPSA) is 134 Å². The molecule has 0 saturated carbocycles. The van der Waals surface area contributed by atoms with E-state index in [-0.39, 0.29) is 22.0 Å². The Balaban J connectivity index is 1.86. The van der Waals surface area contributed by atoms with Gasteiger partial charge in [0.2, 0.25) is 0 Å². The fraction of sp³-hybridized carbons (Fsp3) is 0.167. The summed E-state index contributed by atoms with van der Waals surface area (Å²) in [7, 11) is 1.21. The van der Waals surface area contributed by atoms with Gasteiger partial charge in [-0.15, -0.1) is 11.3 Å². The molecule has 0 bridgehead atoms. The Morgan fingerprint density at radius 1 is 1.21 bits per heavy atom. The van der Waals surface area contributed by atoms with Gasteiger partial charge in [-0.1, -0.05) is 22.9 Å². The van der Waals surface area contributed by atoms with Crippen LogP contribution in [0.15, 0.2) is 45.8 Å². The first kappa shape index (κ1) is 20.0. The number of benzene rings is 1. The Hall–Kier alpha value is -3.73. The van der Waals surface area contributed by atoms with Crippen molar-refractivity contribution in [1.29, 1.82) is 0 Å². The number of amides is 2. The molecule has 0 aliphatic heterocycles. The minimum atomic E-state index is -0.683. The number of carbonyl (C=O) groups excluding carboxylic acids is 3. The van der Waals surface area contributed by atoms with E-state index in [2.05, 4.69) is 20.4 Å². The Labute approximate surface area is 168 Å². The molecule has 0 aliphatic rings. The average molecular weight is 417 g/mol. The lowest BCUT2D eigenvalue weighted by Crippen LogP contribution is -2.41. The molecular weight excluding hydrogens is 400 g/mol. The molecule has 3 N–H and O–H groups in total. The molecule has 2 aromatic heterocycles. The molecule has 29 heavy (non-hydrogen) atoms. The van der Waals surface area contributed by atoms with Gasteiger partial charge >= 0.3 is 11.6 Å². The van der Waals surface area contributed by atoms with Crippen LogP contribution in [0.4, 0.5) is 10.7 Å². The number of esters is 1. The summed E-state index contributed by atoms with van der Waals surface area (Å²) in [5.41, 5.74) is 0.431. The van der Waals surface area contributed by atoms with Crippen LogP contribution < -0.4 is 20.9 Å². The van der Waals surface area contributed by atoms with Crippen molar-refractivity contribution < 1.29 is 28.3 Å². The summed E-state index contributed by atoms with van der Waals surface area (Å²) in [5, 5.41) is 7.74. The van der Waals surface area contributed by atoms with Crippen LogP contribution in [0.2, 0.25) is 0 Å². The maximum absolute atomic E-state index is 12.7. The zero-order valence-electron chi connectivity index (χ0n) is 15.5. The van der Waals surface area contributed by atoms with E-state index in [1.54, 1.807) is 31.2 Å². The third-order valence-electron chi connectivity index (χ3n) is 3.87. The maximum Gasteiger partial charge on any atom is 0.426 e. The first-order valence-electron chi connectivity index (χ1n) is 8.35. The summed E-state index contributed by atoms with van der Waals surface area (Å²) in [6.07, 6.45) is 1.07. The third-order valence-corrected chi connectivity index (χ3v) is 5.07. The van der Waals surface area contributed by atoms with Crippen molar-refractivity contribution in [3.8, 4) is 0 Å². The first-order chi connectivity index (χ1) is 13.9. The van der Waals surface area contributed by atoms with Crippen LogP contribution in [0, 0.1) is 6.92 Å². The zero-order valence-corrected chi connectivity index (χ0v) is 16.3. The number of H-pyrrole nitrogens is 1. The average Bonchev–Trinajstić information content (AvgIpc) is 3.24. The number of thiophene rings is 1. The molecule has 3 rings (SSSR count). The fourth-order valence-electron chi connectivity index (χ4n) is 2.56. The Morgan fingerprint density at radius 2 is 1.93 bits per heavy atom. The van der Waals surface area contributed by atoms with E-state index in [9.17, 15) is 19.2 Å². The number of hydrogen-bond acceptors (Lipinski definition) is 7. The number of nitrogens with zero attached hydrogens (tertiary/aromatic N) is 1. The molecule has 11 heteroatoms. The number of carbonyl (C=O) groups is 3. The van der Waals surface area contributed by atoms with Crippen molar-refractivity contribution in [2.45, 2.75) is 13.5 Å². The van der Waals surface area contributed by atoms with Crippen molar-refractivity contribution in [3.63, 3.8) is 0 Å². The summed E-state index contributed by atoms with van der Waals surface area (Å²) in [5.74, 6) is -1.64. The van der Waals surface area contributed by atoms with Crippen molar-refractivity contribution in [3.05, 3.63) is 63.0 Å². The van der Waals surface area contributed by atoms with Crippen LogP contribution in [0.1, 0.15) is 25.6 Å². The van der Waals surface area contributed by atoms with Gasteiger partial charge < -0.3 is 15.4 Å². The minimum absolute atomic E-state index is 0.0924. The Bertz CT molecular complexity index is 1120. The summed E-state index contributed by atoms with van der Waals surface area (Å²) in [4.78, 5) is 48.5. The van der Waals surface area contributed by atoms with Gasteiger partial charge in [0.1, 0.15) is 5.00 Å². The van der Waals surface area contributed by atoms with Crippen molar-refractivity contribution in [2.24, 2.45) is 0 Å². The van der Waals surface area contributed by atoms with Gasteiger partial charge in [-0.05, 0) is 29.9 Å². The third kappa shape index (κ3) is 4.58. The number of methoxy groups -OCH3 is 1. The molecule has 2 heterocycles. The van der Waals surface area contributed by atoms with Gasteiger partial charge in [0.15, 0.2) is 0 Å². The van der Waals surface area contributed by atoms with Gasteiger partial charge in [-0.25, -0.2) is 9.59 Å². The number of para-hydroxylation sites is 1. The van der Waals surface area contributed by atoms with Crippen LogP contribution in [0.25, 0.3) is 0 Å². The van der Waals surface area contributed by atoms with Crippen LogP contribution in [0.5, 0.6) is 0 Å². The Morgan fingerprint density at radius 3 is 2.55 bits per heavy atom. The molecule has 0 radical (unpaired) electrons. The minimum Gasteiger partial charge on any atom is -0.465 e. The molecule has 0 fully saturated rings. The summed E-state index contributed by atoms with van der Waals surface area (Å²) >= 11 is 0.952. The first-order valence-corrected chi connectivity index (χ1v) is 9.16. The standard InChI is InChI=1S/C18H16N4O6S/c1-10-14(18(26)27-2)17(20-12(23)8-22-9-13(24)28-21-22)29-15(10)16(25)19-11-6-4-3-5-7-11/h3-7,9H,8H2,1-2H3,(H2-,19,20,21,23,24,25,26)/p+1. The molecule has 10 nitrogen and oxygen atoms in total. The SMILES string of the molecule is COC(=O)c1c(NC(=O)C[n+]2cc(=O)o[nH]2)sc(C(=O)Nc2ccccc2)c1C. The smallest absolute Gasteiger partial charge is 0.426 e. The monoisotopic (exact) mass is 417 g/mol. The van der Waals surface area contributed by atoms with E-state index < -0.39 is 23.4 Å². The largest absolute Gasteiger partial charge is 0.465 e. The number of hydrogen-bond donors (Lipinski definition) is 3. The van der Waals surface area contributed by atoms with Gasteiger partial charge in [-0.2, -0.15) is 0 Å². The van der Waals surface area contributed by atoms with Gasteiger partial charge in [0.25, 0.3) is 24.6 Å². The lowest BCUT2D eigenvalue weighted by molar-refractivity contribution is -0.750. The van der Waals surface area contributed by atoms with E-state index in [0.29, 0.717) is 11.3 Å². The molecule has 2 amide bonds. The van der Waals surface area contributed by atoms with E-state index >= 15 is 0 Å². The molecule has 0 saturated heterocycles. The molecule has 3 aromatic rings. The summed E-state index contributed by atoms with van der Waals surface area (Å²) < 4.78 is 10.4. The molecule has 1 aromatic carbocycles. The normalized spacial score (nSPS) is 10.4. The lowest BCUT2D eigenvalue weighted by atomic mass is 10.1. The van der Waals surface area contributed by atoms with Gasteiger partial charge in [-0.3, -0.25) is 14.1 Å². The second kappa shape index (κ2) is 8.52. The molecule has 0 atom stereocenters. The number of nitrogens with one attached hydrogen (secondary N) is 3. The highest BCUT2D eigenvalue weighted by molar-refractivity contribution is 7.18. The van der Waals surface area contributed by atoms with Crippen LogP contribution >= 0.6 is 11.3 Å². The van der Waals surface area contributed by atoms with Crippen molar-refractivity contribution in [1.82, 2.24) is 5.27 Å². The van der Waals surface area contributed by atoms with E-state index in [4.69, 9.17) is 4.74 Å². The van der Waals surface area contributed by atoms with E-state index in [1.807, 2.05) is 6.07 Å². The van der Waals surface area contributed by atoms with Gasteiger partial charge in [0.05, 0.1) is 17.6 Å². The van der Waals surface area contributed by atoms with E-state index in [1.165, 1.54) is 7.11 Å². The predicted octanol–water partition coefficient (Wildman–Crippen LogP) is 1.30. The highest BCUT2D eigenvalue weighted by Gasteiger charge is 2.27. The molecule has 0 unspecified atom stereocenters. The van der Waals surface area contributed by atoms with Crippen molar-refractivity contribution in [2.75, 3.05) is 17.7 Å². The quantitative estimate of drug-likeness (QED) is 0.409. The second-order valence-electron chi connectivity index (χ2n) is 5.89. The predicted molar refractivity (Wildman–Crippen MR) is 103 cm³/mol. The second-order valence-corrected chi connectivity index (χ2v) is 6.91. The van der Waals surface area contributed by atoms with Crippen molar-refractivity contribution >= 4 is 39.8 Å². The van der Waals surface area contributed by atoms with Crippen LogP contribution in [-0.4, -0.2) is 30.2 Å². The van der Waals surface area contributed by atoms with E-state index in [0.717, 1.165) is 22.2 Å². The molecule has 0 aliphatic carbocycles. The Kier molecular flexibility index (Phi) is 5.88. The van der Waals surface area contributed by atoms with Crippen LogP contribution in [0.3, 0.4) is 0 Å². The van der Waals surface area contributed by atoms with Gasteiger partial charge in [0, 0.05) is 5.69 Å². The summed E-state index contributed by atoms with van der Waals surface area (Å²) in [6, 6.07) is 8.84.